The number of hydrogen-bond acceptors (Lipinski definition) is 5. The molecule has 0 aromatic heterocycles. The van der Waals surface area contributed by atoms with E-state index < -0.39 is 28.5 Å². The molecule has 10 heteroatoms. The molecular formula is C36H38BrN3O5S. The fourth-order valence-electron chi connectivity index (χ4n) is 5.75. The molecule has 1 aliphatic carbocycles. The van der Waals surface area contributed by atoms with Gasteiger partial charge in [0, 0.05) is 23.5 Å². The Balaban J connectivity index is 1.56. The van der Waals surface area contributed by atoms with Gasteiger partial charge in [-0.15, -0.1) is 0 Å². The minimum Gasteiger partial charge on any atom is -0.497 e. The Hall–Kier alpha value is -4.15. The summed E-state index contributed by atoms with van der Waals surface area (Å²) in [5.41, 5.74) is 2.00. The summed E-state index contributed by atoms with van der Waals surface area (Å²) in [6.45, 7) is -0.407. The lowest BCUT2D eigenvalue weighted by Crippen LogP contribution is -2.54. The Morgan fingerprint density at radius 1 is 0.870 bits per heavy atom. The van der Waals surface area contributed by atoms with Gasteiger partial charge in [0.25, 0.3) is 10.0 Å². The normalized spacial score (nSPS) is 14.0. The molecule has 46 heavy (non-hydrogen) atoms. The van der Waals surface area contributed by atoms with E-state index in [0.29, 0.717) is 11.4 Å². The van der Waals surface area contributed by atoms with Crippen molar-refractivity contribution in [2.45, 2.75) is 55.6 Å². The SMILES string of the molecule is COc1ccc(N(CC(=O)N(Cc2cccc(Br)c2)C(Cc2ccccc2)C(=O)NC2CCCC2)S(=O)(=O)c2ccccc2)cc1. The summed E-state index contributed by atoms with van der Waals surface area (Å²) < 4.78 is 35.5. The number of methoxy groups -OCH3 is 1. The van der Waals surface area contributed by atoms with Gasteiger partial charge in [0.1, 0.15) is 18.3 Å². The number of nitrogens with one attached hydrogen (secondary N) is 1. The van der Waals surface area contributed by atoms with Crippen LogP contribution in [0.5, 0.6) is 5.75 Å². The molecule has 8 nitrogen and oxygen atoms in total. The second-order valence-electron chi connectivity index (χ2n) is 11.4. The van der Waals surface area contributed by atoms with Gasteiger partial charge in [-0.2, -0.15) is 0 Å². The van der Waals surface area contributed by atoms with Gasteiger partial charge < -0.3 is 15.0 Å². The highest BCUT2D eigenvalue weighted by molar-refractivity contribution is 9.10. The molecule has 0 saturated heterocycles. The van der Waals surface area contributed by atoms with Crippen LogP contribution >= 0.6 is 15.9 Å². The maximum atomic E-state index is 14.6. The summed E-state index contributed by atoms with van der Waals surface area (Å²) >= 11 is 3.52. The van der Waals surface area contributed by atoms with Crippen molar-refractivity contribution in [1.82, 2.24) is 10.2 Å². The predicted octanol–water partition coefficient (Wildman–Crippen LogP) is 6.35. The van der Waals surface area contributed by atoms with E-state index in [2.05, 4.69) is 21.2 Å². The van der Waals surface area contributed by atoms with E-state index in [9.17, 15) is 18.0 Å². The monoisotopic (exact) mass is 703 g/mol. The van der Waals surface area contributed by atoms with Crippen LogP contribution in [-0.2, 0) is 32.6 Å². The van der Waals surface area contributed by atoms with Gasteiger partial charge in [0.05, 0.1) is 17.7 Å². The first kappa shape index (κ1) is 33.2. The number of hydrogen-bond donors (Lipinski definition) is 1. The van der Waals surface area contributed by atoms with E-state index in [1.54, 1.807) is 42.5 Å². The summed E-state index contributed by atoms with van der Waals surface area (Å²) in [6, 6.07) is 30.8. The third-order valence-corrected chi connectivity index (χ3v) is 10.5. The van der Waals surface area contributed by atoms with E-state index >= 15 is 0 Å². The zero-order valence-electron chi connectivity index (χ0n) is 25.7. The molecule has 1 N–H and O–H groups in total. The van der Waals surface area contributed by atoms with Crippen molar-refractivity contribution in [3.63, 3.8) is 0 Å². The lowest BCUT2D eigenvalue weighted by molar-refractivity contribution is -0.140. The van der Waals surface area contributed by atoms with Gasteiger partial charge >= 0.3 is 0 Å². The minimum absolute atomic E-state index is 0.0443. The highest BCUT2D eigenvalue weighted by Gasteiger charge is 2.35. The largest absolute Gasteiger partial charge is 0.497 e. The standard InChI is InChI=1S/C36H38BrN3O5S/c1-45-32-21-19-31(20-22-32)40(46(43,44)33-17-6-3-7-18-33)26-35(41)39(25-28-13-10-14-29(37)23-28)34(24-27-11-4-2-5-12-27)36(42)38-30-15-8-9-16-30/h2-7,10-14,17-23,30,34H,8-9,15-16,24-26H2,1H3,(H,38,42). The van der Waals surface area contributed by atoms with E-state index in [0.717, 1.165) is 45.6 Å². The van der Waals surface area contributed by atoms with Crippen LogP contribution in [0.25, 0.3) is 0 Å². The van der Waals surface area contributed by atoms with Crippen molar-refractivity contribution in [2.75, 3.05) is 18.0 Å². The Morgan fingerprint density at radius 3 is 2.13 bits per heavy atom. The van der Waals surface area contributed by atoms with Gasteiger partial charge in [-0.25, -0.2) is 8.42 Å². The highest BCUT2D eigenvalue weighted by Crippen LogP contribution is 2.27. The molecule has 240 valence electrons. The third kappa shape index (κ3) is 8.35. The highest BCUT2D eigenvalue weighted by atomic mass is 79.9. The Labute approximate surface area is 279 Å². The predicted molar refractivity (Wildman–Crippen MR) is 183 cm³/mol. The summed E-state index contributed by atoms with van der Waals surface area (Å²) in [4.78, 5) is 30.3. The number of carbonyl (C=O) groups is 2. The van der Waals surface area contributed by atoms with Crippen molar-refractivity contribution in [2.24, 2.45) is 0 Å². The van der Waals surface area contributed by atoms with Crippen molar-refractivity contribution in [1.29, 1.82) is 0 Å². The Kier molecular flexibility index (Phi) is 11.1. The van der Waals surface area contributed by atoms with Crippen molar-refractivity contribution in [3.8, 4) is 5.75 Å². The lowest BCUT2D eigenvalue weighted by Gasteiger charge is -2.34. The number of amides is 2. The van der Waals surface area contributed by atoms with Crippen LogP contribution in [0.3, 0.4) is 0 Å². The molecule has 1 fully saturated rings. The topological polar surface area (TPSA) is 96.0 Å². The molecule has 0 bridgehead atoms. The number of anilines is 1. The Bertz CT molecular complexity index is 1710. The quantitative estimate of drug-likeness (QED) is 0.175. The minimum atomic E-state index is -4.17. The average Bonchev–Trinajstić information content (AvgIpc) is 3.59. The Morgan fingerprint density at radius 2 is 1.50 bits per heavy atom. The van der Waals surface area contributed by atoms with Crippen LogP contribution in [0.4, 0.5) is 5.69 Å². The van der Waals surface area contributed by atoms with Gasteiger partial charge in [0.2, 0.25) is 11.8 Å². The molecule has 1 saturated carbocycles. The second-order valence-corrected chi connectivity index (χ2v) is 14.1. The number of benzene rings is 4. The number of ether oxygens (including phenoxy) is 1. The fourth-order valence-corrected chi connectivity index (χ4v) is 7.63. The van der Waals surface area contributed by atoms with Crippen LogP contribution in [-0.4, -0.2) is 50.9 Å². The van der Waals surface area contributed by atoms with E-state index in [1.165, 1.54) is 24.1 Å². The van der Waals surface area contributed by atoms with E-state index in [1.807, 2.05) is 54.6 Å². The molecule has 0 spiro atoms. The molecule has 1 atom stereocenters. The average molecular weight is 705 g/mol. The number of halogens is 1. The zero-order chi connectivity index (χ0) is 32.5. The zero-order valence-corrected chi connectivity index (χ0v) is 28.1. The molecule has 5 rings (SSSR count). The van der Waals surface area contributed by atoms with Gasteiger partial charge in [-0.05, 0) is 72.5 Å². The first-order valence-corrected chi connectivity index (χ1v) is 17.6. The van der Waals surface area contributed by atoms with Crippen LogP contribution in [0.15, 0.2) is 119 Å². The van der Waals surface area contributed by atoms with Gasteiger partial charge in [0.15, 0.2) is 0 Å². The summed E-state index contributed by atoms with van der Waals surface area (Å²) in [7, 11) is -2.64. The first-order chi connectivity index (χ1) is 22.2. The van der Waals surface area contributed by atoms with Crippen LogP contribution in [0.2, 0.25) is 0 Å². The van der Waals surface area contributed by atoms with Crippen LogP contribution < -0.4 is 14.4 Å². The van der Waals surface area contributed by atoms with Crippen molar-refractivity contribution in [3.05, 3.63) is 125 Å². The first-order valence-electron chi connectivity index (χ1n) is 15.3. The van der Waals surface area contributed by atoms with Crippen LogP contribution in [0.1, 0.15) is 36.8 Å². The number of sulfonamides is 1. The van der Waals surface area contributed by atoms with Gasteiger partial charge in [-0.1, -0.05) is 89.4 Å². The maximum Gasteiger partial charge on any atom is 0.264 e. The molecule has 4 aromatic rings. The second kappa shape index (κ2) is 15.4. The summed E-state index contributed by atoms with van der Waals surface area (Å²) in [5.74, 6) is -0.200. The molecule has 0 heterocycles. The summed E-state index contributed by atoms with van der Waals surface area (Å²) in [5, 5.41) is 3.20. The molecule has 0 aliphatic heterocycles. The number of carbonyl (C=O) groups excluding carboxylic acids is 2. The van der Waals surface area contributed by atoms with Crippen LogP contribution in [0, 0.1) is 0 Å². The molecular weight excluding hydrogens is 666 g/mol. The molecule has 0 radical (unpaired) electrons. The maximum absolute atomic E-state index is 14.6. The molecule has 4 aromatic carbocycles. The van der Waals surface area contributed by atoms with Crippen molar-refractivity contribution < 1.29 is 22.7 Å². The molecule has 1 aliphatic rings. The third-order valence-electron chi connectivity index (χ3n) is 8.19. The lowest BCUT2D eigenvalue weighted by atomic mass is 10.0. The number of rotatable bonds is 13. The van der Waals surface area contributed by atoms with E-state index in [-0.39, 0.29) is 29.8 Å². The van der Waals surface area contributed by atoms with E-state index in [4.69, 9.17) is 4.74 Å². The van der Waals surface area contributed by atoms with Crippen molar-refractivity contribution >= 4 is 43.5 Å². The fraction of sp³-hybridized carbons (Fsp3) is 0.278. The summed E-state index contributed by atoms with van der Waals surface area (Å²) in [6.07, 6.45) is 4.15. The van der Waals surface area contributed by atoms with Gasteiger partial charge in [-0.3, -0.25) is 13.9 Å². The smallest absolute Gasteiger partial charge is 0.264 e. The molecule has 1 unspecified atom stereocenters. The number of nitrogens with zero attached hydrogens (tertiary/aromatic N) is 2. The molecule has 2 amide bonds.